The Morgan fingerprint density at radius 3 is 2.08 bits per heavy atom. The van der Waals surface area contributed by atoms with Gasteiger partial charge in [0, 0.05) is 6.04 Å². The van der Waals surface area contributed by atoms with Crippen molar-refractivity contribution in [1.29, 1.82) is 0 Å². The minimum Gasteiger partial charge on any atom is -0.316 e. The van der Waals surface area contributed by atoms with E-state index < -0.39 is 18.6 Å². The van der Waals surface area contributed by atoms with E-state index in [0.29, 0.717) is 0 Å². The molecule has 74 valence electrons. The highest BCUT2D eigenvalue weighted by Gasteiger charge is 2.32. The van der Waals surface area contributed by atoms with E-state index >= 15 is 0 Å². The van der Waals surface area contributed by atoms with Crippen LogP contribution < -0.4 is 5.32 Å². The zero-order valence-corrected chi connectivity index (χ0v) is 7.70. The Bertz CT molecular complexity index is 122. The second kappa shape index (κ2) is 4.70. The van der Waals surface area contributed by atoms with Gasteiger partial charge in [-0.25, -0.2) is 0 Å². The van der Waals surface area contributed by atoms with Crippen LogP contribution in [0.2, 0.25) is 0 Å². The van der Waals surface area contributed by atoms with Gasteiger partial charge in [0.1, 0.15) is 0 Å². The van der Waals surface area contributed by atoms with Crippen LogP contribution in [0.5, 0.6) is 0 Å². The van der Waals surface area contributed by atoms with E-state index in [4.69, 9.17) is 0 Å². The molecule has 1 N–H and O–H groups in total. The molecule has 0 aromatic carbocycles. The van der Waals surface area contributed by atoms with Gasteiger partial charge in [0.15, 0.2) is 0 Å². The molecule has 2 atom stereocenters. The topological polar surface area (TPSA) is 12.0 Å². The summed E-state index contributed by atoms with van der Waals surface area (Å²) >= 11 is 0. The van der Waals surface area contributed by atoms with Gasteiger partial charge in [0.05, 0.1) is 6.42 Å². The number of nitrogens with one attached hydrogen (secondary N) is 1. The normalized spacial score (nSPS) is 17.5. The number of hydrogen-bond acceptors (Lipinski definition) is 1. The van der Waals surface area contributed by atoms with Crippen LogP contribution in [0.4, 0.5) is 13.2 Å². The fraction of sp³-hybridized carbons (Fsp3) is 1.00. The van der Waals surface area contributed by atoms with Gasteiger partial charge in [-0.2, -0.15) is 13.2 Å². The Labute approximate surface area is 71.3 Å². The van der Waals surface area contributed by atoms with Gasteiger partial charge in [0.25, 0.3) is 0 Å². The molecule has 0 saturated heterocycles. The van der Waals surface area contributed by atoms with Gasteiger partial charge in [0.2, 0.25) is 0 Å². The van der Waals surface area contributed by atoms with Crippen molar-refractivity contribution >= 4 is 0 Å². The lowest BCUT2D eigenvalue weighted by atomic mass is 9.96. The first kappa shape index (κ1) is 11.8. The molecule has 2 unspecified atom stereocenters. The maximum atomic E-state index is 11.9. The molecule has 0 heterocycles. The van der Waals surface area contributed by atoms with Crippen LogP contribution in [0.15, 0.2) is 0 Å². The van der Waals surface area contributed by atoms with Crippen LogP contribution >= 0.6 is 0 Å². The lowest BCUT2D eigenvalue weighted by molar-refractivity contribution is -0.142. The third-order valence-electron chi connectivity index (χ3n) is 2.15. The van der Waals surface area contributed by atoms with Crippen molar-refractivity contribution < 1.29 is 13.2 Å². The molecule has 0 saturated carbocycles. The third-order valence-corrected chi connectivity index (χ3v) is 2.15. The van der Waals surface area contributed by atoms with Crippen molar-refractivity contribution in [2.45, 2.75) is 38.9 Å². The van der Waals surface area contributed by atoms with E-state index in [1.54, 1.807) is 7.05 Å². The quantitative estimate of drug-likeness (QED) is 0.706. The maximum Gasteiger partial charge on any atom is 0.390 e. The van der Waals surface area contributed by atoms with E-state index in [2.05, 4.69) is 5.32 Å². The molecule has 0 amide bonds. The van der Waals surface area contributed by atoms with Gasteiger partial charge in [-0.1, -0.05) is 20.3 Å². The lowest BCUT2D eigenvalue weighted by Gasteiger charge is -2.23. The summed E-state index contributed by atoms with van der Waals surface area (Å²) in [4.78, 5) is 0. The Balaban J connectivity index is 3.99. The van der Waals surface area contributed by atoms with E-state index in [1.807, 2.05) is 13.8 Å². The van der Waals surface area contributed by atoms with Gasteiger partial charge < -0.3 is 5.32 Å². The number of alkyl halides is 3. The van der Waals surface area contributed by atoms with Crippen LogP contribution in [0.1, 0.15) is 26.7 Å². The summed E-state index contributed by atoms with van der Waals surface area (Å²) in [5.41, 5.74) is 0. The molecule has 12 heavy (non-hydrogen) atoms. The van der Waals surface area contributed by atoms with Crippen LogP contribution in [-0.4, -0.2) is 19.3 Å². The van der Waals surface area contributed by atoms with Crippen LogP contribution in [-0.2, 0) is 0 Å². The molecule has 0 spiro atoms. The Morgan fingerprint density at radius 1 is 1.33 bits per heavy atom. The molecular formula is C8H16F3N. The van der Waals surface area contributed by atoms with Crippen molar-refractivity contribution in [3.05, 3.63) is 0 Å². The molecule has 1 nitrogen and oxygen atoms in total. The third kappa shape index (κ3) is 4.59. The molecular weight excluding hydrogens is 167 g/mol. The molecule has 0 radical (unpaired) electrons. The van der Waals surface area contributed by atoms with E-state index in [0.717, 1.165) is 6.42 Å². The van der Waals surface area contributed by atoms with Gasteiger partial charge in [-0.3, -0.25) is 0 Å². The monoisotopic (exact) mass is 183 g/mol. The van der Waals surface area contributed by atoms with Crippen molar-refractivity contribution in [2.75, 3.05) is 7.05 Å². The average molecular weight is 183 g/mol. The fourth-order valence-corrected chi connectivity index (χ4v) is 1.12. The first-order chi connectivity index (χ1) is 5.40. The van der Waals surface area contributed by atoms with Crippen molar-refractivity contribution in [3.8, 4) is 0 Å². The summed E-state index contributed by atoms with van der Waals surface area (Å²) in [5.74, 6) is 0.0663. The predicted molar refractivity (Wildman–Crippen MR) is 43.0 cm³/mol. The smallest absolute Gasteiger partial charge is 0.316 e. The Hall–Kier alpha value is -0.250. The molecule has 0 aliphatic rings. The minimum atomic E-state index is -4.06. The summed E-state index contributed by atoms with van der Waals surface area (Å²) in [6.45, 7) is 3.72. The standard InChI is InChI=1S/C8H16F3N/c1-4-6(2)7(12-3)5-8(9,10)11/h6-7,12H,4-5H2,1-3H3. The van der Waals surface area contributed by atoms with Crippen LogP contribution in [0, 0.1) is 5.92 Å². The molecule has 0 bridgehead atoms. The summed E-state index contributed by atoms with van der Waals surface area (Å²) < 4.78 is 35.8. The van der Waals surface area contributed by atoms with E-state index in [9.17, 15) is 13.2 Å². The number of hydrogen-bond donors (Lipinski definition) is 1. The van der Waals surface area contributed by atoms with Crippen LogP contribution in [0.3, 0.4) is 0 Å². The van der Waals surface area contributed by atoms with Gasteiger partial charge in [-0.05, 0) is 13.0 Å². The molecule has 0 aromatic heterocycles. The maximum absolute atomic E-state index is 11.9. The summed E-state index contributed by atoms with van der Waals surface area (Å²) in [6, 6.07) is -0.449. The van der Waals surface area contributed by atoms with Gasteiger partial charge in [-0.15, -0.1) is 0 Å². The molecule has 0 aliphatic carbocycles. The molecule has 0 fully saturated rings. The second-order valence-electron chi connectivity index (χ2n) is 3.10. The largest absolute Gasteiger partial charge is 0.390 e. The van der Waals surface area contributed by atoms with E-state index in [1.165, 1.54) is 0 Å². The Morgan fingerprint density at radius 2 is 1.83 bits per heavy atom. The highest BCUT2D eigenvalue weighted by molar-refractivity contribution is 4.73. The number of halogens is 3. The molecule has 4 heteroatoms. The molecule has 0 aromatic rings. The predicted octanol–water partition coefficient (Wildman–Crippen LogP) is 2.57. The summed E-state index contributed by atoms with van der Waals surface area (Å²) in [6.07, 6.45) is -4.03. The highest BCUT2D eigenvalue weighted by atomic mass is 19.4. The minimum absolute atomic E-state index is 0.0663. The van der Waals surface area contributed by atoms with Crippen LogP contribution in [0.25, 0.3) is 0 Å². The van der Waals surface area contributed by atoms with Crippen molar-refractivity contribution in [2.24, 2.45) is 5.92 Å². The first-order valence-electron chi connectivity index (χ1n) is 4.14. The molecule has 0 aliphatic heterocycles. The van der Waals surface area contributed by atoms with Crippen molar-refractivity contribution in [3.63, 3.8) is 0 Å². The molecule has 0 rings (SSSR count). The van der Waals surface area contributed by atoms with Gasteiger partial charge >= 0.3 is 6.18 Å². The first-order valence-corrected chi connectivity index (χ1v) is 4.14. The zero-order valence-electron chi connectivity index (χ0n) is 7.70. The summed E-state index contributed by atoms with van der Waals surface area (Å²) in [5, 5.41) is 2.69. The second-order valence-corrected chi connectivity index (χ2v) is 3.10. The summed E-state index contributed by atoms with van der Waals surface area (Å²) in [7, 11) is 1.57. The highest BCUT2D eigenvalue weighted by Crippen LogP contribution is 2.25. The fourth-order valence-electron chi connectivity index (χ4n) is 1.12. The zero-order chi connectivity index (χ0) is 9.78. The van der Waals surface area contributed by atoms with E-state index in [-0.39, 0.29) is 5.92 Å². The lowest BCUT2D eigenvalue weighted by Crippen LogP contribution is -2.36. The Kier molecular flexibility index (Phi) is 4.60. The number of rotatable bonds is 4. The SMILES string of the molecule is CCC(C)C(CC(F)(F)F)NC. The van der Waals surface area contributed by atoms with Crippen molar-refractivity contribution in [1.82, 2.24) is 5.32 Å². The average Bonchev–Trinajstić information content (AvgIpc) is 1.97.